The van der Waals surface area contributed by atoms with Gasteiger partial charge in [-0.15, -0.1) is 0 Å². The summed E-state index contributed by atoms with van der Waals surface area (Å²) >= 11 is 0. The van der Waals surface area contributed by atoms with Gasteiger partial charge in [0, 0.05) is 32.4 Å². The van der Waals surface area contributed by atoms with Crippen molar-refractivity contribution in [2.75, 3.05) is 0 Å². The van der Waals surface area contributed by atoms with Crippen molar-refractivity contribution in [2.24, 2.45) is 0 Å². The molecule has 7 aromatic carbocycles. The average Bonchev–Trinajstić information content (AvgIpc) is 3.15. The van der Waals surface area contributed by atoms with Gasteiger partial charge < -0.3 is 4.57 Å². The minimum Gasteiger partial charge on any atom is -0.309 e. The van der Waals surface area contributed by atoms with Crippen LogP contribution in [-0.4, -0.2) is 4.98 Å². The summed E-state index contributed by atoms with van der Waals surface area (Å²) in [6.45, 7) is 0. The Morgan fingerprint density at radius 3 is 1.50 bits per heavy atom. The third-order valence-electron chi connectivity index (χ3n) is 8.74. The molecule has 0 aliphatic carbocycles. The molecule has 0 saturated heterocycles. The summed E-state index contributed by atoms with van der Waals surface area (Å²) in [4.78, 5) is 5.37. The SMILES string of the molecule is O=P(c1ccccc1)(c1ccccc1)c1ccc(-c2cc3ccccc3c3c(-c4ccccc4)cc(-c4ccccc4)nc23)cc1. The first-order chi connectivity index (χ1) is 22.7. The van der Waals surface area contributed by atoms with Crippen LogP contribution in [0, 0.1) is 0 Å². The molecule has 0 aliphatic heterocycles. The normalized spacial score (nSPS) is 11.6. The monoisotopic (exact) mass is 607 g/mol. The molecule has 0 radical (unpaired) electrons. The van der Waals surface area contributed by atoms with E-state index in [-0.39, 0.29) is 0 Å². The molecule has 0 atom stereocenters. The van der Waals surface area contributed by atoms with Gasteiger partial charge in [0.15, 0.2) is 7.14 Å². The molecule has 2 nitrogen and oxygen atoms in total. The average molecular weight is 608 g/mol. The Balaban J connectivity index is 1.38. The van der Waals surface area contributed by atoms with Gasteiger partial charge in [-0.05, 0) is 39.6 Å². The smallest absolute Gasteiger partial charge is 0.171 e. The van der Waals surface area contributed by atoms with Crippen LogP contribution < -0.4 is 15.9 Å². The molecular weight excluding hydrogens is 577 g/mol. The van der Waals surface area contributed by atoms with Crippen LogP contribution in [0.4, 0.5) is 0 Å². The maximum Gasteiger partial charge on any atom is 0.171 e. The lowest BCUT2D eigenvalue weighted by atomic mass is 9.90. The fraction of sp³-hybridized carbons (Fsp3) is 0. The van der Waals surface area contributed by atoms with Gasteiger partial charge in [-0.25, -0.2) is 4.98 Å². The highest BCUT2D eigenvalue weighted by molar-refractivity contribution is 7.85. The summed E-state index contributed by atoms with van der Waals surface area (Å²) in [5.41, 5.74) is 7.32. The number of aromatic nitrogens is 1. The predicted octanol–water partition coefficient (Wildman–Crippen LogP) is 10.0. The van der Waals surface area contributed by atoms with E-state index >= 15 is 4.57 Å². The Labute approximate surface area is 269 Å². The highest BCUT2D eigenvalue weighted by Gasteiger charge is 2.29. The first-order valence-electron chi connectivity index (χ1n) is 15.5. The van der Waals surface area contributed by atoms with Gasteiger partial charge in [-0.3, -0.25) is 0 Å². The van der Waals surface area contributed by atoms with Gasteiger partial charge in [0.1, 0.15) is 0 Å². The minimum absolute atomic E-state index is 0.807. The summed E-state index contributed by atoms with van der Waals surface area (Å²) in [5, 5.41) is 5.91. The largest absolute Gasteiger partial charge is 0.309 e. The van der Waals surface area contributed by atoms with Crippen molar-refractivity contribution in [1.29, 1.82) is 0 Å². The molecule has 0 aliphatic rings. The summed E-state index contributed by atoms with van der Waals surface area (Å²) in [6, 6.07) is 61.9. The second kappa shape index (κ2) is 11.7. The number of pyridine rings is 1. The lowest BCUT2D eigenvalue weighted by molar-refractivity contribution is 0.592. The number of rotatable bonds is 6. The van der Waals surface area contributed by atoms with Crippen molar-refractivity contribution >= 4 is 44.7 Å². The molecule has 3 heteroatoms. The van der Waals surface area contributed by atoms with Gasteiger partial charge in [-0.1, -0.05) is 170 Å². The maximum atomic E-state index is 15.0. The van der Waals surface area contributed by atoms with E-state index in [4.69, 9.17) is 4.98 Å². The van der Waals surface area contributed by atoms with E-state index in [2.05, 4.69) is 103 Å². The van der Waals surface area contributed by atoms with E-state index in [9.17, 15) is 0 Å². The van der Waals surface area contributed by atoms with Crippen LogP contribution in [0.3, 0.4) is 0 Å². The summed E-state index contributed by atoms with van der Waals surface area (Å²) in [5.74, 6) is 0. The summed E-state index contributed by atoms with van der Waals surface area (Å²) in [6.07, 6.45) is 0. The minimum atomic E-state index is -3.09. The van der Waals surface area contributed by atoms with Crippen LogP contribution in [0.25, 0.3) is 55.2 Å². The van der Waals surface area contributed by atoms with Gasteiger partial charge in [0.05, 0.1) is 11.2 Å². The van der Waals surface area contributed by atoms with Gasteiger partial charge in [0.25, 0.3) is 0 Å². The van der Waals surface area contributed by atoms with E-state index < -0.39 is 7.14 Å². The van der Waals surface area contributed by atoms with Crippen molar-refractivity contribution in [2.45, 2.75) is 0 Å². The third-order valence-corrected chi connectivity index (χ3v) is 11.8. The molecule has 218 valence electrons. The second-order valence-electron chi connectivity index (χ2n) is 11.5. The molecule has 1 heterocycles. The van der Waals surface area contributed by atoms with Crippen LogP contribution in [0.15, 0.2) is 182 Å². The molecule has 0 saturated carbocycles. The van der Waals surface area contributed by atoms with E-state index in [1.54, 1.807) is 0 Å². The van der Waals surface area contributed by atoms with Crippen LogP contribution in [0.2, 0.25) is 0 Å². The predicted molar refractivity (Wildman–Crippen MR) is 195 cm³/mol. The van der Waals surface area contributed by atoms with Crippen molar-refractivity contribution in [1.82, 2.24) is 4.98 Å². The molecule has 0 spiro atoms. The first kappa shape index (κ1) is 28.0. The fourth-order valence-corrected chi connectivity index (χ4v) is 9.13. The van der Waals surface area contributed by atoms with Gasteiger partial charge >= 0.3 is 0 Å². The quantitative estimate of drug-likeness (QED) is 0.139. The molecule has 0 unspecified atom stereocenters. The zero-order chi connectivity index (χ0) is 30.9. The maximum absolute atomic E-state index is 15.0. The summed E-state index contributed by atoms with van der Waals surface area (Å²) < 4.78 is 15.0. The molecule has 46 heavy (non-hydrogen) atoms. The number of fused-ring (bicyclic) bond motifs is 3. The Morgan fingerprint density at radius 1 is 0.413 bits per heavy atom. The summed E-state index contributed by atoms with van der Waals surface area (Å²) in [7, 11) is -3.09. The number of benzene rings is 7. The van der Waals surface area contributed by atoms with Crippen molar-refractivity contribution in [3.63, 3.8) is 0 Å². The molecule has 8 rings (SSSR count). The molecular formula is C43H30NOP. The van der Waals surface area contributed by atoms with Gasteiger partial charge in [-0.2, -0.15) is 0 Å². The van der Waals surface area contributed by atoms with E-state index in [1.807, 2.05) is 78.9 Å². The number of hydrogen-bond acceptors (Lipinski definition) is 2. The van der Waals surface area contributed by atoms with Crippen molar-refractivity contribution in [3.8, 4) is 33.5 Å². The Bertz CT molecular complexity index is 2310. The molecule has 0 amide bonds. The van der Waals surface area contributed by atoms with E-state index in [1.165, 1.54) is 5.39 Å². The van der Waals surface area contributed by atoms with Crippen molar-refractivity contribution < 1.29 is 4.57 Å². The molecule has 0 fully saturated rings. The molecule has 0 N–H and O–H groups in total. The molecule has 0 bridgehead atoms. The first-order valence-corrected chi connectivity index (χ1v) is 17.2. The third kappa shape index (κ3) is 4.85. The van der Waals surface area contributed by atoms with E-state index in [0.29, 0.717) is 0 Å². The lowest BCUT2D eigenvalue weighted by Crippen LogP contribution is -2.24. The van der Waals surface area contributed by atoms with Crippen LogP contribution in [-0.2, 0) is 4.57 Å². The van der Waals surface area contributed by atoms with Crippen molar-refractivity contribution in [3.05, 3.63) is 182 Å². The highest BCUT2D eigenvalue weighted by Crippen LogP contribution is 2.44. The standard InChI is InChI=1S/C43H30NOP/c45-46(35-20-9-3-10-21-35,36-22-11-4-12-23-36)37-27-25-32(26-28-37)40-29-34-19-13-14-24-38(34)42-39(31-15-5-1-6-16-31)30-41(44-43(40)42)33-17-7-2-8-18-33/h1-30H. The van der Waals surface area contributed by atoms with Gasteiger partial charge in [0.2, 0.25) is 0 Å². The number of hydrogen-bond donors (Lipinski definition) is 0. The molecule has 8 aromatic rings. The van der Waals surface area contributed by atoms with Crippen LogP contribution >= 0.6 is 7.14 Å². The van der Waals surface area contributed by atoms with E-state index in [0.717, 1.165) is 65.7 Å². The Kier molecular flexibility index (Phi) is 7.14. The molecule has 1 aromatic heterocycles. The Hall–Kier alpha value is -5.56. The highest BCUT2D eigenvalue weighted by atomic mass is 31.2. The topological polar surface area (TPSA) is 30.0 Å². The zero-order valence-corrected chi connectivity index (χ0v) is 26.0. The Morgan fingerprint density at radius 2 is 0.891 bits per heavy atom. The fourth-order valence-electron chi connectivity index (χ4n) is 6.48. The van der Waals surface area contributed by atoms with Crippen LogP contribution in [0.1, 0.15) is 0 Å². The second-order valence-corrected chi connectivity index (χ2v) is 14.3. The zero-order valence-electron chi connectivity index (χ0n) is 25.1. The van der Waals surface area contributed by atoms with Crippen LogP contribution in [0.5, 0.6) is 0 Å². The lowest BCUT2D eigenvalue weighted by Gasteiger charge is -2.20. The number of nitrogens with zero attached hydrogens (tertiary/aromatic N) is 1.